The number of fused-ring (bicyclic) bond motifs is 2. The maximum absolute atomic E-state index is 12.2. The number of benzene rings is 4. The number of aromatic hydroxyl groups is 2. The Morgan fingerprint density at radius 2 is 0.818 bits per heavy atom. The number of rotatable bonds is 6. The van der Waals surface area contributed by atoms with E-state index in [0.29, 0.717) is 34.5 Å². The van der Waals surface area contributed by atoms with Crippen molar-refractivity contribution in [2.24, 2.45) is 0 Å². The number of phenols is 2. The Bertz CT molecular complexity index is 1910. The fraction of sp³-hybridized carbons (Fsp3) is 0.118. The molecule has 4 aromatic carbocycles. The topological polar surface area (TPSA) is 138 Å². The third-order valence-corrected chi connectivity index (χ3v) is 6.79. The molecular weight excluding hydrogens is 568 g/mol. The lowest BCUT2D eigenvalue weighted by molar-refractivity contribution is 0.407. The van der Waals surface area contributed by atoms with Gasteiger partial charge in [0, 0.05) is 47.5 Å². The summed E-state index contributed by atoms with van der Waals surface area (Å²) in [6, 6.07) is 22.9. The molecule has 6 rings (SSSR count). The SMILES string of the molecule is COc1ccc(-c2cc(=O)c3c(O)cc(OC)cc3o2)cc1.COc1ccc(-c2cc(=O)c3c(O)cc(OC)cc3o2)cc1. The van der Waals surface area contributed by atoms with E-state index in [1.54, 1.807) is 74.9 Å². The van der Waals surface area contributed by atoms with Crippen LogP contribution in [-0.2, 0) is 0 Å². The molecule has 10 heteroatoms. The van der Waals surface area contributed by atoms with E-state index in [9.17, 15) is 19.8 Å². The van der Waals surface area contributed by atoms with Crippen molar-refractivity contribution in [3.05, 3.63) is 105 Å². The zero-order valence-corrected chi connectivity index (χ0v) is 24.2. The minimum Gasteiger partial charge on any atom is -0.507 e. The molecule has 0 saturated heterocycles. The summed E-state index contributed by atoms with van der Waals surface area (Å²) in [4.78, 5) is 24.5. The Morgan fingerprint density at radius 1 is 0.477 bits per heavy atom. The smallest absolute Gasteiger partial charge is 0.197 e. The molecule has 0 aliphatic rings. The molecule has 10 nitrogen and oxygen atoms in total. The van der Waals surface area contributed by atoms with Crippen LogP contribution in [0.15, 0.2) is 103 Å². The largest absolute Gasteiger partial charge is 0.507 e. The normalized spacial score (nSPS) is 10.6. The van der Waals surface area contributed by atoms with Gasteiger partial charge in [0.1, 0.15) is 68.0 Å². The maximum Gasteiger partial charge on any atom is 0.197 e. The lowest BCUT2D eigenvalue weighted by atomic mass is 10.1. The fourth-order valence-electron chi connectivity index (χ4n) is 4.52. The molecule has 0 unspecified atom stereocenters. The monoisotopic (exact) mass is 596 g/mol. The number of methoxy groups -OCH3 is 4. The molecule has 44 heavy (non-hydrogen) atoms. The van der Waals surface area contributed by atoms with Crippen LogP contribution in [0.3, 0.4) is 0 Å². The standard InChI is InChI=1S/2C17H14O5/c2*1-20-11-5-3-10(4-6-11)15-9-14(19)17-13(18)7-12(21-2)8-16(17)22-15/h2*3-9,18H,1-2H3. The van der Waals surface area contributed by atoms with Gasteiger partial charge < -0.3 is 38.0 Å². The van der Waals surface area contributed by atoms with Crippen molar-refractivity contribution in [1.29, 1.82) is 0 Å². The summed E-state index contributed by atoms with van der Waals surface area (Å²) < 4.78 is 31.9. The van der Waals surface area contributed by atoms with E-state index in [-0.39, 0.29) is 44.3 Å². The Balaban J connectivity index is 0.000000175. The van der Waals surface area contributed by atoms with Crippen LogP contribution in [0.5, 0.6) is 34.5 Å². The van der Waals surface area contributed by atoms with Gasteiger partial charge in [0.15, 0.2) is 10.9 Å². The molecule has 0 atom stereocenters. The third-order valence-electron chi connectivity index (χ3n) is 6.79. The van der Waals surface area contributed by atoms with Crippen LogP contribution in [0.1, 0.15) is 0 Å². The Hall–Kier alpha value is -5.90. The van der Waals surface area contributed by atoms with E-state index >= 15 is 0 Å². The van der Waals surface area contributed by atoms with Crippen molar-refractivity contribution < 1.29 is 38.0 Å². The molecule has 6 aromatic rings. The minimum atomic E-state index is -0.313. The van der Waals surface area contributed by atoms with E-state index in [0.717, 1.165) is 11.1 Å². The van der Waals surface area contributed by atoms with Crippen LogP contribution in [-0.4, -0.2) is 38.7 Å². The molecular formula is C34H28O10. The van der Waals surface area contributed by atoms with Crippen LogP contribution >= 0.6 is 0 Å². The van der Waals surface area contributed by atoms with Crippen LogP contribution < -0.4 is 29.8 Å². The summed E-state index contributed by atoms with van der Waals surface area (Å²) in [6.07, 6.45) is 0. The van der Waals surface area contributed by atoms with Gasteiger partial charge in [-0.3, -0.25) is 9.59 Å². The molecule has 2 aromatic heterocycles. The summed E-state index contributed by atoms with van der Waals surface area (Å²) in [5.41, 5.74) is 1.40. The summed E-state index contributed by atoms with van der Waals surface area (Å²) in [7, 11) is 6.12. The van der Waals surface area contributed by atoms with E-state index in [2.05, 4.69) is 0 Å². The van der Waals surface area contributed by atoms with Gasteiger partial charge in [-0.2, -0.15) is 0 Å². The quantitative estimate of drug-likeness (QED) is 0.223. The Kier molecular flexibility index (Phi) is 8.43. The first-order valence-electron chi connectivity index (χ1n) is 13.2. The molecule has 2 N–H and O–H groups in total. The number of hydrogen-bond donors (Lipinski definition) is 2. The van der Waals surface area contributed by atoms with E-state index in [1.165, 1.54) is 38.5 Å². The second-order valence-electron chi connectivity index (χ2n) is 9.45. The van der Waals surface area contributed by atoms with Crippen LogP contribution in [0.2, 0.25) is 0 Å². The van der Waals surface area contributed by atoms with Gasteiger partial charge in [0.25, 0.3) is 0 Å². The number of hydrogen-bond acceptors (Lipinski definition) is 10. The highest BCUT2D eigenvalue weighted by atomic mass is 16.5. The number of phenolic OH excluding ortho intramolecular Hbond substituents is 2. The van der Waals surface area contributed by atoms with Gasteiger partial charge in [0.2, 0.25) is 0 Å². The molecule has 0 bridgehead atoms. The Labute approximate surface area is 250 Å². The summed E-state index contributed by atoms with van der Waals surface area (Å²) in [5.74, 6) is 2.76. The molecule has 0 fully saturated rings. The predicted molar refractivity (Wildman–Crippen MR) is 165 cm³/mol. The van der Waals surface area contributed by atoms with E-state index < -0.39 is 0 Å². The molecule has 0 amide bonds. The first-order valence-corrected chi connectivity index (χ1v) is 13.2. The van der Waals surface area contributed by atoms with Crippen molar-refractivity contribution in [1.82, 2.24) is 0 Å². The molecule has 0 spiro atoms. The van der Waals surface area contributed by atoms with Crippen LogP contribution in [0, 0.1) is 0 Å². The maximum atomic E-state index is 12.2. The zero-order valence-electron chi connectivity index (χ0n) is 24.2. The van der Waals surface area contributed by atoms with Crippen molar-refractivity contribution in [3.8, 4) is 57.1 Å². The van der Waals surface area contributed by atoms with E-state index in [1.807, 2.05) is 0 Å². The summed E-state index contributed by atoms with van der Waals surface area (Å²) in [6.45, 7) is 0. The summed E-state index contributed by atoms with van der Waals surface area (Å²) >= 11 is 0. The Morgan fingerprint density at radius 3 is 1.14 bits per heavy atom. The summed E-state index contributed by atoms with van der Waals surface area (Å²) in [5, 5.41) is 20.1. The highest BCUT2D eigenvalue weighted by Crippen LogP contribution is 2.32. The predicted octanol–water partition coefficient (Wildman–Crippen LogP) is 6.37. The van der Waals surface area contributed by atoms with Gasteiger partial charge in [0.05, 0.1) is 28.4 Å². The lowest BCUT2D eigenvalue weighted by Gasteiger charge is -2.07. The highest BCUT2D eigenvalue weighted by Gasteiger charge is 2.14. The molecule has 0 aliphatic heterocycles. The highest BCUT2D eigenvalue weighted by molar-refractivity contribution is 5.87. The molecule has 2 heterocycles. The number of ether oxygens (including phenoxy) is 4. The second kappa shape index (κ2) is 12.5. The van der Waals surface area contributed by atoms with Crippen molar-refractivity contribution in [3.63, 3.8) is 0 Å². The van der Waals surface area contributed by atoms with Crippen molar-refractivity contribution in [2.45, 2.75) is 0 Å². The van der Waals surface area contributed by atoms with Crippen molar-refractivity contribution in [2.75, 3.05) is 28.4 Å². The first kappa shape index (κ1) is 29.6. The average Bonchev–Trinajstić information content (AvgIpc) is 3.04. The zero-order chi connectivity index (χ0) is 31.4. The third kappa shape index (κ3) is 6.00. The minimum absolute atomic E-state index is 0.137. The average molecular weight is 597 g/mol. The van der Waals surface area contributed by atoms with Gasteiger partial charge in [-0.1, -0.05) is 0 Å². The fourth-order valence-corrected chi connectivity index (χ4v) is 4.52. The van der Waals surface area contributed by atoms with Gasteiger partial charge in [-0.15, -0.1) is 0 Å². The van der Waals surface area contributed by atoms with E-state index in [4.69, 9.17) is 27.8 Å². The lowest BCUT2D eigenvalue weighted by Crippen LogP contribution is -2.01. The molecule has 0 saturated carbocycles. The molecule has 0 aliphatic carbocycles. The van der Waals surface area contributed by atoms with Crippen LogP contribution in [0.4, 0.5) is 0 Å². The second-order valence-corrected chi connectivity index (χ2v) is 9.45. The van der Waals surface area contributed by atoms with Crippen molar-refractivity contribution >= 4 is 21.9 Å². The first-order chi connectivity index (χ1) is 21.2. The van der Waals surface area contributed by atoms with Crippen LogP contribution in [0.25, 0.3) is 44.6 Å². The van der Waals surface area contributed by atoms with Gasteiger partial charge in [-0.25, -0.2) is 0 Å². The van der Waals surface area contributed by atoms with Gasteiger partial charge in [-0.05, 0) is 48.5 Å². The molecule has 224 valence electrons. The van der Waals surface area contributed by atoms with Gasteiger partial charge >= 0.3 is 0 Å². The molecule has 0 radical (unpaired) electrons.